The van der Waals surface area contributed by atoms with E-state index in [9.17, 15) is 10.0 Å². The molecule has 0 atom stereocenters. The van der Waals surface area contributed by atoms with Crippen LogP contribution < -0.4 is 14.8 Å². The van der Waals surface area contributed by atoms with Crippen molar-refractivity contribution in [1.82, 2.24) is 5.32 Å². The van der Waals surface area contributed by atoms with Gasteiger partial charge in [0.1, 0.15) is 17.2 Å². The zero-order valence-electron chi connectivity index (χ0n) is 15.3. The number of halogens is 3. The molecule has 2 N–H and O–H groups in total. The van der Waals surface area contributed by atoms with Crippen LogP contribution in [-0.4, -0.2) is 37.6 Å². The molecule has 150 valence electrons. The molecule has 0 aliphatic rings. The van der Waals surface area contributed by atoms with Crippen LogP contribution in [0.1, 0.15) is 11.1 Å². The van der Waals surface area contributed by atoms with Crippen molar-refractivity contribution in [3.05, 3.63) is 54.9 Å². The summed E-state index contributed by atoms with van der Waals surface area (Å²) in [5, 5.41) is 15.2. The molecule has 2 rings (SSSR count). The van der Waals surface area contributed by atoms with Crippen LogP contribution >= 0.6 is 47.8 Å². The third-order valence-electron chi connectivity index (χ3n) is 3.93. The minimum atomic E-state index is -0.418. The number of carbonyl (C=O) groups is 1. The third-order valence-corrected chi connectivity index (χ3v) is 5.73. The second-order valence-corrected chi connectivity index (χ2v) is 8.35. The number of nitrogens with one attached hydrogen (secondary N) is 1. The van der Waals surface area contributed by atoms with E-state index in [0.717, 1.165) is 30.3 Å². The largest absolute Gasteiger partial charge is 0.496 e. The smallest absolute Gasteiger partial charge is 0.269 e. The summed E-state index contributed by atoms with van der Waals surface area (Å²) in [6, 6.07) is 9.37. The van der Waals surface area contributed by atoms with Crippen molar-refractivity contribution < 1.29 is 19.5 Å². The molecule has 0 aliphatic heterocycles. The predicted octanol–water partition coefficient (Wildman–Crippen LogP) is 4.72. The van der Waals surface area contributed by atoms with Crippen LogP contribution in [0, 0.1) is 0 Å². The summed E-state index contributed by atoms with van der Waals surface area (Å²) in [5.41, 5.74) is 1.86. The molecule has 0 spiro atoms. The number of benzene rings is 2. The fourth-order valence-corrected chi connectivity index (χ4v) is 4.74. The van der Waals surface area contributed by atoms with Gasteiger partial charge in [-0.2, -0.15) is 0 Å². The van der Waals surface area contributed by atoms with Gasteiger partial charge in [0.25, 0.3) is 5.91 Å². The molecule has 0 bridgehead atoms. The summed E-state index contributed by atoms with van der Waals surface area (Å²) in [5.74, 6) is 0.985. The molecule has 2 aromatic carbocycles. The van der Waals surface area contributed by atoms with Crippen molar-refractivity contribution in [1.29, 1.82) is 0 Å². The van der Waals surface area contributed by atoms with Gasteiger partial charge in [-0.1, -0.05) is 11.2 Å². The molecule has 0 unspecified atom stereocenters. The number of oxime groups is 1. The molecular weight excluding hydrogens is 560 g/mol. The average Bonchev–Trinajstić information content (AvgIpc) is 2.66. The van der Waals surface area contributed by atoms with E-state index in [4.69, 9.17) is 9.47 Å². The van der Waals surface area contributed by atoms with Gasteiger partial charge in [-0.3, -0.25) is 4.79 Å². The first-order valence-corrected chi connectivity index (χ1v) is 10.6. The van der Waals surface area contributed by atoms with E-state index in [2.05, 4.69) is 58.3 Å². The lowest BCUT2D eigenvalue weighted by Gasteiger charge is -2.11. The first-order chi connectivity index (χ1) is 13.4. The first kappa shape index (κ1) is 22.7. The van der Waals surface area contributed by atoms with E-state index in [-0.39, 0.29) is 12.1 Å². The fourth-order valence-electron chi connectivity index (χ4n) is 2.55. The summed E-state index contributed by atoms with van der Waals surface area (Å²) in [7, 11) is 3.18. The Labute approximate surface area is 188 Å². The van der Waals surface area contributed by atoms with Crippen molar-refractivity contribution >= 4 is 59.4 Å². The topological polar surface area (TPSA) is 80.2 Å². The quantitative estimate of drug-likeness (QED) is 0.270. The Morgan fingerprint density at radius 1 is 1.04 bits per heavy atom. The molecule has 28 heavy (non-hydrogen) atoms. The monoisotopic (exact) mass is 576 g/mol. The lowest BCUT2D eigenvalue weighted by Crippen LogP contribution is -2.33. The fraction of sp³-hybridized carbons (Fsp3) is 0.263. The molecule has 0 aromatic heterocycles. The lowest BCUT2D eigenvalue weighted by atomic mass is 10.1. The second kappa shape index (κ2) is 10.8. The van der Waals surface area contributed by atoms with E-state index >= 15 is 0 Å². The van der Waals surface area contributed by atoms with Gasteiger partial charge in [-0.15, -0.1) is 0 Å². The molecule has 0 radical (unpaired) electrons. The van der Waals surface area contributed by atoms with E-state index in [0.29, 0.717) is 18.7 Å². The van der Waals surface area contributed by atoms with Crippen molar-refractivity contribution in [2.45, 2.75) is 12.8 Å². The van der Waals surface area contributed by atoms with E-state index in [1.807, 2.05) is 30.3 Å². The van der Waals surface area contributed by atoms with Gasteiger partial charge in [-0.05, 0) is 89.6 Å². The number of nitrogens with zero attached hydrogens (tertiary/aromatic N) is 1. The molecule has 2 aromatic rings. The highest BCUT2D eigenvalue weighted by molar-refractivity contribution is 9.11. The maximum atomic E-state index is 12.3. The molecule has 0 aliphatic carbocycles. The molecule has 0 saturated carbocycles. The standard InChI is InChI=1S/C19H19Br3N2O4/c1-27-17-4-3-11(7-13(17)20)5-6-23-19(25)16(24-26)10-12-8-14(21)18(28-2)15(22)9-12/h3-4,7-9,26H,5-6,10H2,1-2H3,(H,23,25)/b24-16-. The van der Waals surface area contributed by atoms with Crippen molar-refractivity contribution in [3.8, 4) is 11.5 Å². The Bertz CT molecular complexity index is 864. The normalized spacial score (nSPS) is 11.2. The van der Waals surface area contributed by atoms with Crippen LogP contribution in [-0.2, 0) is 17.6 Å². The average molecular weight is 579 g/mol. The maximum Gasteiger partial charge on any atom is 0.269 e. The van der Waals surface area contributed by atoms with Crippen LogP contribution in [0.2, 0.25) is 0 Å². The van der Waals surface area contributed by atoms with Gasteiger partial charge >= 0.3 is 0 Å². The first-order valence-electron chi connectivity index (χ1n) is 8.23. The van der Waals surface area contributed by atoms with Gasteiger partial charge in [0.05, 0.1) is 27.6 Å². The van der Waals surface area contributed by atoms with Gasteiger partial charge in [0, 0.05) is 13.0 Å². The second-order valence-electron chi connectivity index (χ2n) is 5.79. The van der Waals surface area contributed by atoms with Crippen LogP contribution in [0.5, 0.6) is 11.5 Å². The van der Waals surface area contributed by atoms with Crippen LogP contribution in [0.4, 0.5) is 0 Å². The number of carbonyl (C=O) groups excluding carboxylic acids is 1. The summed E-state index contributed by atoms with van der Waals surface area (Å²) in [4.78, 5) is 12.3. The minimum Gasteiger partial charge on any atom is -0.496 e. The zero-order valence-corrected chi connectivity index (χ0v) is 20.0. The summed E-state index contributed by atoms with van der Waals surface area (Å²) in [6.07, 6.45) is 0.810. The summed E-state index contributed by atoms with van der Waals surface area (Å²) < 4.78 is 12.8. The van der Waals surface area contributed by atoms with E-state index < -0.39 is 5.91 Å². The number of methoxy groups -OCH3 is 2. The predicted molar refractivity (Wildman–Crippen MR) is 119 cm³/mol. The summed E-state index contributed by atoms with van der Waals surface area (Å²) >= 11 is 10.3. The molecule has 6 nitrogen and oxygen atoms in total. The Kier molecular flexibility index (Phi) is 8.78. The van der Waals surface area contributed by atoms with E-state index in [1.165, 1.54) is 0 Å². The minimum absolute atomic E-state index is 0.0277. The van der Waals surface area contributed by atoms with Crippen molar-refractivity contribution in [2.75, 3.05) is 20.8 Å². The van der Waals surface area contributed by atoms with Gasteiger partial charge in [0.2, 0.25) is 0 Å². The Hall–Kier alpha value is -1.58. The summed E-state index contributed by atoms with van der Waals surface area (Å²) in [6.45, 7) is 0.409. The van der Waals surface area contributed by atoms with Crippen LogP contribution in [0.15, 0.2) is 48.9 Å². The van der Waals surface area contributed by atoms with Crippen molar-refractivity contribution in [2.24, 2.45) is 5.16 Å². The highest BCUT2D eigenvalue weighted by atomic mass is 79.9. The Balaban J connectivity index is 1.96. The molecule has 9 heteroatoms. The molecular formula is C19H19Br3N2O4. The maximum absolute atomic E-state index is 12.3. The van der Waals surface area contributed by atoms with Gasteiger partial charge in [0.15, 0.2) is 0 Å². The molecule has 0 fully saturated rings. The van der Waals surface area contributed by atoms with E-state index in [1.54, 1.807) is 14.2 Å². The van der Waals surface area contributed by atoms with Gasteiger partial charge in [-0.25, -0.2) is 0 Å². The van der Waals surface area contributed by atoms with Crippen molar-refractivity contribution in [3.63, 3.8) is 0 Å². The Morgan fingerprint density at radius 3 is 2.21 bits per heavy atom. The number of ether oxygens (including phenoxy) is 2. The highest BCUT2D eigenvalue weighted by Gasteiger charge is 2.15. The third kappa shape index (κ3) is 5.96. The Morgan fingerprint density at radius 2 is 1.68 bits per heavy atom. The molecule has 0 saturated heterocycles. The zero-order chi connectivity index (χ0) is 20.7. The van der Waals surface area contributed by atoms with Crippen LogP contribution in [0.25, 0.3) is 0 Å². The SMILES string of the molecule is COc1ccc(CCNC(=O)/C(Cc2cc(Br)c(OC)c(Br)c2)=N\O)cc1Br. The number of rotatable bonds is 8. The lowest BCUT2D eigenvalue weighted by molar-refractivity contribution is -0.115. The van der Waals surface area contributed by atoms with Gasteiger partial charge < -0.3 is 20.0 Å². The van der Waals surface area contributed by atoms with Crippen LogP contribution in [0.3, 0.4) is 0 Å². The molecule has 0 heterocycles. The number of hydrogen-bond acceptors (Lipinski definition) is 5. The molecule has 1 amide bonds. The number of hydrogen-bond donors (Lipinski definition) is 2. The highest BCUT2D eigenvalue weighted by Crippen LogP contribution is 2.34. The number of amides is 1.